The molecule has 148 valence electrons. The van der Waals surface area contributed by atoms with Gasteiger partial charge in [0.2, 0.25) is 0 Å². The van der Waals surface area contributed by atoms with E-state index in [1.807, 2.05) is 5.38 Å². The Labute approximate surface area is 164 Å². The number of hydrogen-bond acceptors (Lipinski definition) is 4. The summed E-state index contributed by atoms with van der Waals surface area (Å²) in [6.45, 7) is 0.376. The van der Waals surface area contributed by atoms with E-state index in [0.29, 0.717) is 36.5 Å². The second kappa shape index (κ2) is 8.60. The number of benzene rings is 1. The quantitative estimate of drug-likeness (QED) is 0.695. The van der Waals surface area contributed by atoms with E-state index in [9.17, 15) is 18.0 Å². The molecule has 3 rings (SSSR count). The molecule has 1 aliphatic rings. The third-order valence-electron chi connectivity index (χ3n) is 4.23. The number of halogens is 3. The van der Waals surface area contributed by atoms with Gasteiger partial charge in [-0.15, -0.1) is 11.3 Å². The summed E-state index contributed by atoms with van der Waals surface area (Å²) < 4.78 is 43.7. The highest BCUT2D eigenvalue weighted by Gasteiger charge is 2.33. The fraction of sp³-hybridized carbons (Fsp3) is 0.300. The summed E-state index contributed by atoms with van der Waals surface area (Å²) in [6.07, 6.45) is -0.855. The van der Waals surface area contributed by atoms with E-state index < -0.39 is 17.7 Å². The first kappa shape index (κ1) is 20.1. The summed E-state index contributed by atoms with van der Waals surface area (Å²) in [7, 11) is 0. The Balaban J connectivity index is 1.55. The summed E-state index contributed by atoms with van der Waals surface area (Å²) in [5.74, 6) is -0.308. The number of hydrogen-bond donors (Lipinski definition) is 1. The average Bonchev–Trinajstić information content (AvgIpc) is 3.10. The molecule has 4 nitrogen and oxygen atoms in total. The van der Waals surface area contributed by atoms with Crippen LogP contribution in [0.4, 0.5) is 13.2 Å². The van der Waals surface area contributed by atoms with Gasteiger partial charge in [0.25, 0.3) is 0 Å². The molecule has 1 heterocycles. The Bertz CT molecular complexity index is 915. The van der Waals surface area contributed by atoms with Crippen molar-refractivity contribution >= 4 is 22.9 Å². The van der Waals surface area contributed by atoms with Crippen LogP contribution in [0, 0.1) is 0 Å². The lowest BCUT2D eigenvalue weighted by molar-refractivity contribution is -0.136. The number of alkyl halides is 3. The van der Waals surface area contributed by atoms with Crippen molar-refractivity contribution < 1.29 is 27.8 Å². The molecule has 0 bridgehead atoms. The Kier molecular flexibility index (Phi) is 6.18. The maximum absolute atomic E-state index is 12.7. The zero-order valence-corrected chi connectivity index (χ0v) is 15.6. The molecule has 8 heteroatoms. The number of allylic oxidation sites excluding steroid dienone is 4. The molecular weight excluding hydrogens is 391 g/mol. The van der Waals surface area contributed by atoms with Crippen LogP contribution in [-0.4, -0.2) is 28.8 Å². The molecule has 0 spiro atoms. The number of ether oxygens (including phenoxy) is 1. The maximum atomic E-state index is 12.7. The molecule has 0 aliphatic heterocycles. The average molecular weight is 409 g/mol. The van der Waals surface area contributed by atoms with Gasteiger partial charge in [0.05, 0.1) is 23.7 Å². The monoisotopic (exact) mass is 409 g/mol. The van der Waals surface area contributed by atoms with E-state index in [1.165, 1.54) is 17.4 Å². The Morgan fingerprint density at radius 2 is 2.07 bits per heavy atom. The number of aromatic nitrogens is 1. The molecule has 0 saturated heterocycles. The molecule has 1 aliphatic carbocycles. The summed E-state index contributed by atoms with van der Waals surface area (Å²) in [6, 6.07) is 6.92. The van der Waals surface area contributed by atoms with Crippen LogP contribution in [0.2, 0.25) is 0 Å². The molecule has 1 aromatic heterocycles. The molecule has 0 saturated carbocycles. The van der Waals surface area contributed by atoms with E-state index in [1.54, 1.807) is 24.3 Å². The predicted octanol–water partition coefficient (Wildman–Crippen LogP) is 5.06. The van der Waals surface area contributed by atoms with Crippen molar-refractivity contribution in [2.24, 2.45) is 0 Å². The van der Waals surface area contributed by atoms with Crippen molar-refractivity contribution in [3.63, 3.8) is 0 Å². The molecule has 0 fully saturated rings. The zero-order chi connectivity index (χ0) is 20.1. The number of carboxylic acids is 1. The first-order valence-electron chi connectivity index (χ1n) is 8.66. The van der Waals surface area contributed by atoms with E-state index in [2.05, 4.69) is 4.98 Å². The lowest BCUT2D eigenvalue weighted by atomic mass is 9.96. The van der Waals surface area contributed by atoms with Crippen LogP contribution in [0.25, 0.3) is 5.57 Å². The Hall–Kier alpha value is -2.61. The van der Waals surface area contributed by atoms with Gasteiger partial charge < -0.3 is 9.84 Å². The highest BCUT2D eigenvalue weighted by atomic mass is 32.1. The third-order valence-corrected chi connectivity index (χ3v) is 5.14. The molecule has 0 unspecified atom stereocenters. The normalized spacial score (nSPS) is 14.4. The van der Waals surface area contributed by atoms with E-state index in [-0.39, 0.29) is 12.8 Å². The fourth-order valence-electron chi connectivity index (χ4n) is 2.84. The van der Waals surface area contributed by atoms with Gasteiger partial charge in [-0.25, -0.2) is 4.98 Å². The van der Waals surface area contributed by atoms with Crippen molar-refractivity contribution in [3.05, 3.63) is 63.6 Å². The summed E-state index contributed by atoms with van der Waals surface area (Å²) in [4.78, 5) is 15.3. The van der Waals surface area contributed by atoms with E-state index in [0.717, 1.165) is 16.7 Å². The fourth-order valence-corrected chi connectivity index (χ4v) is 3.64. The number of thiazole rings is 1. The minimum Gasteiger partial charge on any atom is -0.493 e. The molecule has 2 aromatic rings. The van der Waals surface area contributed by atoms with Crippen LogP contribution >= 0.6 is 11.3 Å². The molecule has 0 amide bonds. The van der Waals surface area contributed by atoms with Gasteiger partial charge in [-0.05, 0) is 36.1 Å². The first-order chi connectivity index (χ1) is 13.3. The second-order valence-corrected chi connectivity index (χ2v) is 7.27. The van der Waals surface area contributed by atoms with Crippen molar-refractivity contribution in [1.82, 2.24) is 4.98 Å². The van der Waals surface area contributed by atoms with Gasteiger partial charge in [-0.2, -0.15) is 13.2 Å². The van der Waals surface area contributed by atoms with Crippen LogP contribution in [0.3, 0.4) is 0 Å². The van der Waals surface area contributed by atoms with Crippen molar-refractivity contribution in [3.8, 4) is 5.75 Å². The van der Waals surface area contributed by atoms with E-state index >= 15 is 0 Å². The number of nitrogens with zero attached hydrogens (tertiary/aromatic N) is 1. The van der Waals surface area contributed by atoms with Gasteiger partial charge in [-0.3, -0.25) is 4.79 Å². The molecular formula is C20H18F3NO3S. The number of rotatable bonds is 7. The third kappa shape index (κ3) is 5.45. The van der Waals surface area contributed by atoms with E-state index in [4.69, 9.17) is 9.84 Å². The van der Waals surface area contributed by atoms with Crippen LogP contribution in [0.15, 0.2) is 47.4 Å². The number of carbonyl (C=O) groups is 1. The number of carboxylic acid groups (broad SMARTS) is 1. The summed E-state index contributed by atoms with van der Waals surface area (Å²) in [5, 5.41) is 11.5. The molecule has 1 aromatic carbocycles. The maximum Gasteiger partial charge on any atom is 0.412 e. The molecule has 0 atom stereocenters. The number of aliphatic carboxylic acids is 1. The molecule has 1 N–H and O–H groups in total. The summed E-state index contributed by atoms with van der Waals surface area (Å²) >= 11 is 1.44. The van der Waals surface area contributed by atoms with Crippen LogP contribution in [0.1, 0.15) is 29.1 Å². The van der Waals surface area contributed by atoms with Gasteiger partial charge in [0, 0.05) is 17.4 Å². The Morgan fingerprint density at radius 1 is 1.25 bits per heavy atom. The highest BCUT2D eigenvalue weighted by molar-refractivity contribution is 7.09. The van der Waals surface area contributed by atoms with Crippen molar-refractivity contribution in [2.75, 3.05) is 6.61 Å². The van der Waals surface area contributed by atoms with Gasteiger partial charge in [0.15, 0.2) is 0 Å². The Morgan fingerprint density at radius 3 is 2.75 bits per heavy atom. The minimum absolute atomic E-state index is 0.0298. The lowest BCUT2D eigenvalue weighted by Crippen LogP contribution is -2.13. The largest absolute Gasteiger partial charge is 0.493 e. The SMILES string of the molecule is O=C(O)Cc1cccc(OCCc2nc(C3=CC=C(C(F)(F)F)CC3)cs2)c1. The summed E-state index contributed by atoms with van der Waals surface area (Å²) in [5.41, 5.74) is 1.67. The van der Waals surface area contributed by atoms with Crippen LogP contribution in [0.5, 0.6) is 5.75 Å². The van der Waals surface area contributed by atoms with Gasteiger partial charge >= 0.3 is 12.1 Å². The van der Waals surface area contributed by atoms with Crippen LogP contribution in [-0.2, 0) is 17.6 Å². The zero-order valence-electron chi connectivity index (χ0n) is 14.8. The second-order valence-electron chi connectivity index (χ2n) is 6.32. The minimum atomic E-state index is -4.27. The van der Waals surface area contributed by atoms with Crippen LogP contribution < -0.4 is 4.74 Å². The van der Waals surface area contributed by atoms with Gasteiger partial charge in [-0.1, -0.05) is 24.3 Å². The lowest BCUT2D eigenvalue weighted by Gasteiger charge is -2.15. The van der Waals surface area contributed by atoms with Crippen molar-refractivity contribution in [2.45, 2.75) is 31.9 Å². The highest BCUT2D eigenvalue weighted by Crippen LogP contribution is 2.35. The smallest absolute Gasteiger partial charge is 0.412 e. The predicted molar refractivity (Wildman–Crippen MR) is 100 cm³/mol. The first-order valence-corrected chi connectivity index (χ1v) is 9.54. The standard InChI is InChI=1S/C20H18F3NO3S/c21-20(22,23)15-6-4-14(5-7-15)17-12-28-18(24-17)8-9-27-16-3-1-2-13(10-16)11-19(25)26/h1-4,6,10,12H,5,7-9,11H2,(H,25,26). The molecule has 0 radical (unpaired) electrons. The van der Waals surface area contributed by atoms with Gasteiger partial charge in [0.1, 0.15) is 5.75 Å². The topological polar surface area (TPSA) is 59.4 Å². The van der Waals surface area contributed by atoms with Crippen molar-refractivity contribution in [1.29, 1.82) is 0 Å². The molecule has 28 heavy (non-hydrogen) atoms.